The van der Waals surface area contributed by atoms with E-state index < -0.39 is 29.4 Å². The number of phenols is 3. The van der Waals surface area contributed by atoms with Crippen LogP contribution in [0, 0.1) is 10.7 Å². The number of aromatic hydroxyl groups is 3. The quantitative estimate of drug-likeness (QED) is 0.0580. The molecule has 352 valence electrons. The number of aromatic nitrogens is 6. The van der Waals surface area contributed by atoms with Crippen LogP contribution in [0.4, 0.5) is 4.79 Å². The van der Waals surface area contributed by atoms with Crippen LogP contribution >= 0.6 is 67.8 Å². The second-order valence-corrected chi connectivity index (χ2v) is 18.2. The zero-order chi connectivity index (χ0) is 49.6. The number of H-pyrrole nitrogens is 2. The SMILES string of the molecule is COc1ccc2c(c1)C(=O)N(C[C@@]1(c3cc4ccc(-c5ncn[nH]5)cc4o3)NC(=O)NC1=O)C2.NC(=O)c1ccc(I)c(O)c1.O=C(O)c1ccc(I)c(O)c1.Oc1cc(-c2ncn[nH]2)ccc1I. The molecule has 0 unspecified atom stereocenters. The number of rotatable bonds is 8. The summed E-state index contributed by atoms with van der Waals surface area (Å²) in [5, 5.41) is 54.9. The van der Waals surface area contributed by atoms with Gasteiger partial charge in [0.15, 0.2) is 17.2 Å². The first-order chi connectivity index (χ1) is 33.0. The van der Waals surface area contributed by atoms with Crippen LogP contribution in [0.15, 0.2) is 114 Å². The number of aromatic amines is 2. The summed E-state index contributed by atoms with van der Waals surface area (Å²) in [6.07, 6.45) is 2.84. The monoisotopic (exact) mass is 1270 g/mol. The third-order valence-corrected chi connectivity index (χ3v) is 13.0. The summed E-state index contributed by atoms with van der Waals surface area (Å²) in [5.41, 5.74) is 7.21. The van der Waals surface area contributed by atoms with E-state index in [9.17, 15) is 29.1 Å². The van der Waals surface area contributed by atoms with Gasteiger partial charge in [-0.15, -0.1) is 0 Å². The molecule has 10 N–H and O–H groups in total. The number of fused-ring (bicyclic) bond motifs is 2. The van der Waals surface area contributed by atoms with Crippen molar-refractivity contribution in [1.29, 1.82) is 0 Å². The lowest BCUT2D eigenvalue weighted by molar-refractivity contribution is -0.125. The molecule has 5 aromatic carbocycles. The summed E-state index contributed by atoms with van der Waals surface area (Å²) >= 11 is 5.95. The van der Waals surface area contributed by atoms with Crippen molar-refractivity contribution < 1.29 is 53.6 Å². The van der Waals surface area contributed by atoms with Crippen LogP contribution in [0.5, 0.6) is 23.0 Å². The largest absolute Gasteiger partial charge is 0.507 e. The van der Waals surface area contributed by atoms with Gasteiger partial charge in [0.2, 0.25) is 5.91 Å². The number of urea groups is 1. The van der Waals surface area contributed by atoms with E-state index >= 15 is 0 Å². The fourth-order valence-electron chi connectivity index (χ4n) is 6.79. The van der Waals surface area contributed by atoms with Crippen molar-refractivity contribution >= 4 is 108 Å². The van der Waals surface area contributed by atoms with Crippen molar-refractivity contribution in [2.24, 2.45) is 5.73 Å². The van der Waals surface area contributed by atoms with E-state index in [1.165, 1.54) is 42.9 Å². The van der Waals surface area contributed by atoms with E-state index in [-0.39, 0.29) is 41.0 Å². The molecule has 2 aliphatic heterocycles. The summed E-state index contributed by atoms with van der Waals surface area (Å²) in [6, 6.07) is 25.9. The summed E-state index contributed by atoms with van der Waals surface area (Å²) in [5.74, 6) is -0.0454. The number of amides is 5. The number of methoxy groups -OCH3 is 1. The van der Waals surface area contributed by atoms with Crippen LogP contribution in [0.1, 0.15) is 42.4 Å². The number of carbonyl (C=O) groups is 5. The summed E-state index contributed by atoms with van der Waals surface area (Å²) in [7, 11) is 1.53. The van der Waals surface area contributed by atoms with Crippen molar-refractivity contribution in [3.05, 3.63) is 148 Å². The second kappa shape index (κ2) is 21.3. The molecule has 1 atom stereocenters. The number of hydrogen-bond donors (Lipinski definition) is 9. The molecule has 5 heterocycles. The smallest absolute Gasteiger partial charge is 0.335 e. The molecule has 0 aliphatic carbocycles. The number of halogens is 3. The number of carbonyl (C=O) groups excluding carboxylic acids is 4. The van der Waals surface area contributed by atoms with Crippen molar-refractivity contribution in [2.45, 2.75) is 12.1 Å². The Balaban J connectivity index is 0.000000163. The highest BCUT2D eigenvalue weighted by Gasteiger charge is 2.53. The standard InChI is InChI=1S/C23H18N6O5.C8H6IN3O.C7H6INO2.C7H5IO3/c1-33-15-5-4-14-9-29(20(30)16(14)8-15)10-23(21(31)26-22(32)27-23)18-7-12-2-3-13(6-17(12)34-18)19-24-11-25-28-19;9-6-2-1-5(3-7(6)13)8-10-4-11-12-8;8-5-2-1-4(7(9)11)3-6(5)10;8-5-2-1-4(7(10)11)3-6(5)9/h2-8,11H,9-10H2,1H3,(H,24,25,28)(H2,26,27,31,32);1-4,13H,(H,10,11,12);1-3,10H,(H2,9,11);1-3,9H,(H,10,11)/t23-;;;/m0.../s1. The van der Waals surface area contributed by atoms with E-state index in [2.05, 4.69) is 63.6 Å². The lowest BCUT2D eigenvalue weighted by atomic mass is 9.95. The highest BCUT2D eigenvalue weighted by atomic mass is 127. The molecule has 0 saturated carbocycles. The number of phenolic OH excluding ortho intramolecular Hbond substituents is 3. The zero-order valence-electron chi connectivity index (χ0n) is 35.4. The van der Waals surface area contributed by atoms with Crippen LogP contribution in [-0.4, -0.2) is 99.1 Å². The molecule has 0 spiro atoms. The third kappa shape index (κ3) is 11.3. The van der Waals surface area contributed by atoms with E-state index in [0.717, 1.165) is 25.6 Å². The van der Waals surface area contributed by atoms with Gasteiger partial charge in [-0.2, -0.15) is 10.2 Å². The Labute approximate surface area is 430 Å². The molecule has 21 nitrogen and oxygen atoms in total. The summed E-state index contributed by atoms with van der Waals surface area (Å²) in [6.45, 7) is 0.189. The number of imide groups is 1. The van der Waals surface area contributed by atoms with Gasteiger partial charge in [-0.3, -0.25) is 29.9 Å². The molecule has 0 radical (unpaired) electrons. The maximum Gasteiger partial charge on any atom is 0.335 e. The highest BCUT2D eigenvalue weighted by molar-refractivity contribution is 14.1. The normalized spacial score (nSPS) is 14.6. The number of ether oxygens (including phenoxy) is 1. The van der Waals surface area contributed by atoms with Gasteiger partial charge in [-0.05, 0) is 152 Å². The molecular formula is C45H35I3N10O11. The van der Waals surface area contributed by atoms with Crippen LogP contribution in [0.3, 0.4) is 0 Å². The Bertz CT molecular complexity index is 3180. The first-order valence-electron chi connectivity index (χ1n) is 19.8. The number of carboxylic acid groups (broad SMARTS) is 1. The zero-order valence-corrected chi connectivity index (χ0v) is 41.9. The number of carboxylic acids is 1. The van der Waals surface area contributed by atoms with Crippen molar-refractivity contribution in [1.82, 2.24) is 45.9 Å². The molecule has 8 aromatic rings. The van der Waals surface area contributed by atoms with Crippen LogP contribution in [0.25, 0.3) is 33.7 Å². The maximum atomic E-state index is 13.1. The van der Waals surface area contributed by atoms with Crippen LogP contribution in [-0.2, 0) is 16.9 Å². The fourth-order valence-corrected chi connectivity index (χ4v) is 7.79. The number of nitrogens with one attached hydrogen (secondary N) is 4. The predicted molar refractivity (Wildman–Crippen MR) is 271 cm³/mol. The minimum atomic E-state index is -1.58. The number of nitrogens with two attached hydrogens (primary N) is 1. The van der Waals surface area contributed by atoms with Gasteiger partial charge in [0, 0.05) is 34.2 Å². The van der Waals surface area contributed by atoms with E-state index in [1.807, 2.05) is 75.5 Å². The highest BCUT2D eigenvalue weighted by Crippen LogP contribution is 2.36. The van der Waals surface area contributed by atoms with E-state index in [1.54, 1.807) is 48.5 Å². The van der Waals surface area contributed by atoms with Crippen molar-refractivity contribution in [2.75, 3.05) is 13.7 Å². The average Bonchev–Trinajstić information content (AvgIpc) is 4.20. The van der Waals surface area contributed by atoms with Gasteiger partial charge in [0.05, 0.1) is 29.9 Å². The molecule has 2 aliphatic rings. The first-order valence-corrected chi connectivity index (χ1v) is 23.0. The Morgan fingerprint density at radius 1 is 0.768 bits per heavy atom. The fraction of sp³-hybridized carbons (Fsp3) is 0.0889. The van der Waals surface area contributed by atoms with Gasteiger partial charge in [0.1, 0.15) is 47.0 Å². The topological polar surface area (TPSA) is 325 Å². The van der Waals surface area contributed by atoms with Crippen LogP contribution < -0.4 is 21.1 Å². The van der Waals surface area contributed by atoms with Crippen molar-refractivity contribution in [3.63, 3.8) is 0 Å². The van der Waals surface area contributed by atoms with Crippen LogP contribution in [0.2, 0.25) is 0 Å². The molecule has 1 fully saturated rings. The summed E-state index contributed by atoms with van der Waals surface area (Å²) < 4.78 is 13.5. The molecule has 69 heavy (non-hydrogen) atoms. The first kappa shape index (κ1) is 49.6. The number of aromatic carboxylic acids is 1. The third-order valence-electron chi connectivity index (χ3n) is 10.3. The Kier molecular flexibility index (Phi) is 15.3. The molecule has 10 rings (SSSR count). The molecular weight excluding hydrogens is 1240 g/mol. The molecule has 1 saturated heterocycles. The Morgan fingerprint density at radius 3 is 1.88 bits per heavy atom. The number of furan rings is 1. The molecule has 0 bridgehead atoms. The lowest BCUT2D eigenvalue weighted by Gasteiger charge is -2.29. The number of benzene rings is 5. The van der Waals surface area contributed by atoms with Gasteiger partial charge < -0.3 is 45.5 Å². The Morgan fingerprint density at radius 2 is 1.35 bits per heavy atom. The maximum absolute atomic E-state index is 13.1. The molecule has 5 amide bonds. The molecule has 3 aromatic heterocycles. The Hall–Kier alpha value is -7.34. The minimum Gasteiger partial charge on any atom is -0.507 e. The van der Waals surface area contributed by atoms with Gasteiger partial charge in [0.25, 0.3) is 11.8 Å². The predicted octanol–water partition coefficient (Wildman–Crippen LogP) is 6.49. The lowest BCUT2D eigenvalue weighted by Crippen LogP contribution is -2.52. The molecule has 24 heteroatoms. The van der Waals surface area contributed by atoms with E-state index in [4.69, 9.17) is 30.2 Å². The average molecular weight is 1270 g/mol. The number of hydrogen-bond acceptors (Lipinski definition) is 14. The summed E-state index contributed by atoms with van der Waals surface area (Å²) in [4.78, 5) is 69.0. The van der Waals surface area contributed by atoms with Crippen molar-refractivity contribution in [3.8, 4) is 45.8 Å². The second-order valence-electron chi connectivity index (χ2n) is 14.7. The van der Waals surface area contributed by atoms with Gasteiger partial charge >= 0.3 is 12.0 Å². The number of nitrogens with zero attached hydrogens (tertiary/aromatic N) is 5. The van der Waals surface area contributed by atoms with E-state index in [0.29, 0.717) is 47.8 Å². The van der Waals surface area contributed by atoms with Gasteiger partial charge in [-0.1, -0.05) is 18.2 Å². The minimum absolute atomic E-state index is 0.00509. The number of primary amides is 1. The van der Waals surface area contributed by atoms with Gasteiger partial charge in [-0.25, -0.2) is 19.6 Å².